The summed E-state index contributed by atoms with van der Waals surface area (Å²) in [6, 6.07) is 1.98. The van der Waals surface area contributed by atoms with Crippen LogP contribution in [-0.4, -0.2) is 24.1 Å². The molecule has 0 spiro atoms. The van der Waals surface area contributed by atoms with E-state index in [2.05, 4.69) is 10.3 Å². The zero-order valence-electron chi connectivity index (χ0n) is 10.3. The van der Waals surface area contributed by atoms with Gasteiger partial charge in [-0.2, -0.15) is 0 Å². The Balaban J connectivity index is 2.25. The van der Waals surface area contributed by atoms with Crippen molar-refractivity contribution in [3.63, 3.8) is 0 Å². The van der Waals surface area contributed by atoms with Crippen LogP contribution in [0.15, 0.2) is 30.6 Å². The largest absolute Gasteiger partial charge is 0.463 e. The topological polar surface area (TPSA) is 51.2 Å². The molecular formula is C13H18N2O2. The second kappa shape index (κ2) is 7.57. The molecule has 0 aliphatic heterocycles. The highest BCUT2D eigenvalue weighted by Crippen LogP contribution is 2.03. The number of esters is 1. The lowest BCUT2D eigenvalue weighted by atomic mass is 10.1. The van der Waals surface area contributed by atoms with Crippen LogP contribution in [0, 0.1) is 6.92 Å². The molecule has 4 heteroatoms. The van der Waals surface area contributed by atoms with Crippen molar-refractivity contribution in [3.8, 4) is 0 Å². The second-order valence-electron chi connectivity index (χ2n) is 3.59. The van der Waals surface area contributed by atoms with E-state index < -0.39 is 0 Å². The average Bonchev–Trinajstić information content (AvgIpc) is 2.31. The fourth-order valence-corrected chi connectivity index (χ4v) is 1.34. The number of ether oxygens (including phenoxy) is 1. The minimum atomic E-state index is -0.297. The van der Waals surface area contributed by atoms with Crippen molar-refractivity contribution in [1.82, 2.24) is 10.3 Å². The molecule has 0 unspecified atom stereocenters. The number of carbonyl (C=O) groups is 1. The Morgan fingerprint density at radius 3 is 3.12 bits per heavy atom. The normalized spacial score (nSPS) is 10.7. The van der Waals surface area contributed by atoms with E-state index in [4.69, 9.17) is 4.74 Å². The molecule has 0 amide bonds. The van der Waals surface area contributed by atoms with Gasteiger partial charge in [-0.3, -0.25) is 4.98 Å². The molecule has 92 valence electrons. The highest BCUT2D eigenvalue weighted by molar-refractivity contribution is 5.81. The molecule has 0 aromatic carbocycles. The molecule has 1 aromatic heterocycles. The number of nitrogens with one attached hydrogen (secondary N) is 1. The van der Waals surface area contributed by atoms with Gasteiger partial charge in [-0.25, -0.2) is 4.79 Å². The Labute approximate surface area is 102 Å². The van der Waals surface area contributed by atoms with Gasteiger partial charge >= 0.3 is 5.97 Å². The standard InChI is InChI=1S/C13H18N2O2/c1-3-17-13(16)5-4-7-14-10-12-6-8-15-9-11(12)2/h4-6,8-9,14H,3,7,10H2,1-2H3/b5-4+. The van der Waals surface area contributed by atoms with Gasteiger partial charge in [0.1, 0.15) is 0 Å². The minimum absolute atomic E-state index is 0.297. The predicted octanol–water partition coefficient (Wildman–Crippen LogP) is 1.60. The van der Waals surface area contributed by atoms with Crippen LogP contribution in [-0.2, 0) is 16.1 Å². The number of carbonyl (C=O) groups excluding carboxylic acids is 1. The Hall–Kier alpha value is -1.68. The fraction of sp³-hybridized carbons (Fsp3) is 0.385. The lowest BCUT2D eigenvalue weighted by Gasteiger charge is -2.04. The number of hydrogen-bond acceptors (Lipinski definition) is 4. The molecule has 0 atom stereocenters. The van der Waals surface area contributed by atoms with Crippen molar-refractivity contribution in [1.29, 1.82) is 0 Å². The first-order chi connectivity index (χ1) is 8.24. The van der Waals surface area contributed by atoms with Gasteiger partial charge < -0.3 is 10.1 Å². The summed E-state index contributed by atoms with van der Waals surface area (Å²) in [6.45, 7) is 5.63. The van der Waals surface area contributed by atoms with E-state index in [-0.39, 0.29) is 5.97 Å². The maximum Gasteiger partial charge on any atom is 0.330 e. The summed E-state index contributed by atoms with van der Waals surface area (Å²) < 4.78 is 4.76. The minimum Gasteiger partial charge on any atom is -0.463 e. The lowest BCUT2D eigenvalue weighted by molar-refractivity contribution is -0.137. The molecule has 1 aromatic rings. The third kappa shape index (κ3) is 5.26. The lowest BCUT2D eigenvalue weighted by Crippen LogP contribution is -2.14. The van der Waals surface area contributed by atoms with Crippen LogP contribution in [0.2, 0.25) is 0 Å². The summed E-state index contributed by atoms with van der Waals surface area (Å²) in [5.74, 6) is -0.297. The predicted molar refractivity (Wildman–Crippen MR) is 66.5 cm³/mol. The summed E-state index contributed by atoms with van der Waals surface area (Å²) in [7, 11) is 0. The summed E-state index contributed by atoms with van der Waals surface area (Å²) in [5.41, 5.74) is 2.37. The maximum absolute atomic E-state index is 11.0. The third-order valence-electron chi connectivity index (χ3n) is 2.25. The molecule has 0 aliphatic carbocycles. The van der Waals surface area contributed by atoms with Crippen LogP contribution >= 0.6 is 0 Å². The maximum atomic E-state index is 11.0. The zero-order chi connectivity index (χ0) is 12.5. The first-order valence-corrected chi connectivity index (χ1v) is 5.67. The number of rotatable bonds is 6. The smallest absolute Gasteiger partial charge is 0.330 e. The highest BCUT2D eigenvalue weighted by atomic mass is 16.5. The van der Waals surface area contributed by atoms with E-state index in [9.17, 15) is 4.79 Å². The quantitative estimate of drug-likeness (QED) is 0.461. The van der Waals surface area contributed by atoms with Crippen molar-refractivity contribution in [2.45, 2.75) is 20.4 Å². The summed E-state index contributed by atoms with van der Waals surface area (Å²) in [5, 5.41) is 3.22. The van der Waals surface area contributed by atoms with Crippen LogP contribution in [0.5, 0.6) is 0 Å². The van der Waals surface area contributed by atoms with Crippen molar-refractivity contribution < 1.29 is 9.53 Å². The molecule has 1 rings (SSSR count). The first-order valence-electron chi connectivity index (χ1n) is 5.67. The average molecular weight is 234 g/mol. The monoisotopic (exact) mass is 234 g/mol. The third-order valence-corrected chi connectivity index (χ3v) is 2.25. The van der Waals surface area contributed by atoms with Gasteiger partial charge in [-0.05, 0) is 31.0 Å². The van der Waals surface area contributed by atoms with Gasteiger partial charge in [0, 0.05) is 31.6 Å². The Bertz CT molecular complexity index is 389. The zero-order valence-corrected chi connectivity index (χ0v) is 10.3. The van der Waals surface area contributed by atoms with Crippen molar-refractivity contribution in [2.24, 2.45) is 0 Å². The van der Waals surface area contributed by atoms with Gasteiger partial charge in [-0.1, -0.05) is 6.08 Å². The first kappa shape index (κ1) is 13.4. The number of aromatic nitrogens is 1. The number of nitrogens with zero attached hydrogens (tertiary/aromatic N) is 1. The molecular weight excluding hydrogens is 216 g/mol. The van der Waals surface area contributed by atoms with Gasteiger partial charge in [0.25, 0.3) is 0 Å². The van der Waals surface area contributed by atoms with E-state index in [0.29, 0.717) is 13.2 Å². The van der Waals surface area contributed by atoms with Gasteiger partial charge in [0.15, 0.2) is 0 Å². The highest BCUT2D eigenvalue weighted by Gasteiger charge is 1.96. The van der Waals surface area contributed by atoms with E-state index in [1.54, 1.807) is 19.2 Å². The molecule has 1 N–H and O–H groups in total. The van der Waals surface area contributed by atoms with Crippen LogP contribution in [0.25, 0.3) is 0 Å². The van der Waals surface area contributed by atoms with Crippen molar-refractivity contribution in [2.75, 3.05) is 13.2 Å². The Morgan fingerprint density at radius 2 is 2.41 bits per heavy atom. The summed E-state index contributed by atoms with van der Waals surface area (Å²) in [4.78, 5) is 15.0. The SMILES string of the molecule is CCOC(=O)/C=C/CNCc1ccncc1C. The van der Waals surface area contributed by atoms with Crippen LogP contribution in [0.1, 0.15) is 18.1 Å². The molecule has 0 radical (unpaired) electrons. The van der Waals surface area contributed by atoms with E-state index in [0.717, 1.165) is 12.1 Å². The number of aryl methyl sites for hydroxylation is 1. The van der Waals surface area contributed by atoms with Crippen LogP contribution < -0.4 is 5.32 Å². The van der Waals surface area contributed by atoms with E-state index >= 15 is 0 Å². The van der Waals surface area contributed by atoms with Crippen LogP contribution in [0.4, 0.5) is 0 Å². The molecule has 17 heavy (non-hydrogen) atoms. The van der Waals surface area contributed by atoms with Crippen molar-refractivity contribution in [3.05, 3.63) is 41.7 Å². The molecule has 0 aliphatic rings. The van der Waals surface area contributed by atoms with E-state index in [1.807, 2.05) is 19.2 Å². The van der Waals surface area contributed by atoms with Crippen molar-refractivity contribution >= 4 is 5.97 Å². The molecule has 4 nitrogen and oxygen atoms in total. The molecule has 0 bridgehead atoms. The molecule has 0 saturated carbocycles. The summed E-state index contributed by atoms with van der Waals surface area (Å²) >= 11 is 0. The van der Waals surface area contributed by atoms with E-state index in [1.165, 1.54) is 11.6 Å². The Morgan fingerprint density at radius 1 is 1.59 bits per heavy atom. The fourth-order valence-electron chi connectivity index (χ4n) is 1.34. The number of pyridine rings is 1. The summed E-state index contributed by atoms with van der Waals surface area (Å²) in [6.07, 6.45) is 6.81. The second-order valence-corrected chi connectivity index (χ2v) is 3.59. The number of hydrogen-bond donors (Lipinski definition) is 1. The van der Waals surface area contributed by atoms with Gasteiger partial charge in [0.05, 0.1) is 6.61 Å². The van der Waals surface area contributed by atoms with Gasteiger partial charge in [-0.15, -0.1) is 0 Å². The van der Waals surface area contributed by atoms with Gasteiger partial charge in [0.2, 0.25) is 0 Å². The molecule has 0 fully saturated rings. The van der Waals surface area contributed by atoms with Crippen LogP contribution in [0.3, 0.4) is 0 Å². The molecule has 1 heterocycles. The Kier molecular flexibility index (Phi) is 5.96. The molecule has 0 saturated heterocycles.